The molecule has 8 heteroatoms. The second kappa shape index (κ2) is 8.31. The molecule has 0 unspecified atom stereocenters. The smallest absolute Gasteiger partial charge is 0.238 e. The number of rotatable bonds is 6. The number of aromatic nitrogens is 3. The van der Waals surface area contributed by atoms with Crippen LogP contribution in [0.4, 0.5) is 5.69 Å². The van der Waals surface area contributed by atoms with E-state index in [4.69, 9.17) is 23.2 Å². The second-order valence-electron chi connectivity index (χ2n) is 5.71. The Morgan fingerprint density at radius 2 is 2.00 bits per heavy atom. The zero-order valence-electron chi connectivity index (χ0n) is 14.0. The fourth-order valence-corrected chi connectivity index (χ4v) is 2.85. The van der Waals surface area contributed by atoms with E-state index in [1.54, 1.807) is 29.2 Å². The van der Waals surface area contributed by atoms with Crippen LogP contribution < -0.4 is 10.6 Å². The number of hydrogen-bond donors (Lipinski definition) is 2. The van der Waals surface area contributed by atoms with E-state index in [1.165, 1.54) is 6.33 Å². The Labute approximate surface area is 161 Å². The number of anilines is 1. The minimum absolute atomic E-state index is 0.0198. The number of hydrogen-bond acceptors (Lipinski definition) is 4. The highest BCUT2D eigenvalue weighted by Gasteiger charge is 2.12. The van der Waals surface area contributed by atoms with Gasteiger partial charge >= 0.3 is 0 Å². The molecule has 0 radical (unpaired) electrons. The largest absolute Gasteiger partial charge is 0.323 e. The summed E-state index contributed by atoms with van der Waals surface area (Å²) in [6.45, 7) is 2.11. The van der Waals surface area contributed by atoms with Crippen molar-refractivity contribution in [3.8, 4) is 5.69 Å². The maximum absolute atomic E-state index is 12.4. The Morgan fingerprint density at radius 3 is 2.73 bits per heavy atom. The lowest BCUT2D eigenvalue weighted by atomic mass is 10.1. The number of halogens is 2. The Bertz CT molecular complexity index is 898. The van der Waals surface area contributed by atoms with Crippen molar-refractivity contribution >= 4 is 34.8 Å². The van der Waals surface area contributed by atoms with E-state index in [2.05, 4.69) is 20.7 Å². The Kier molecular flexibility index (Phi) is 5.88. The quantitative estimate of drug-likeness (QED) is 0.671. The molecule has 3 rings (SSSR count). The van der Waals surface area contributed by atoms with Crippen molar-refractivity contribution in [2.24, 2.45) is 0 Å². The van der Waals surface area contributed by atoms with E-state index in [0.717, 1.165) is 5.56 Å². The van der Waals surface area contributed by atoms with Crippen molar-refractivity contribution in [1.29, 1.82) is 0 Å². The summed E-state index contributed by atoms with van der Waals surface area (Å²) in [5.74, 6) is -0.192. The molecule has 2 N–H and O–H groups in total. The molecule has 1 amide bonds. The molecule has 2 aromatic carbocycles. The lowest BCUT2D eigenvalue weighted by Crippen LogP contribution is -2.30. The molecule has 6 nitrogen and oxygen atoms in total. The van der Waals surface area contributed by atoms with Gasteiger partial charge in [-0.15, -0.1) is 0 Å². The standard InChI is InChI=1S/C18H17Cl2N5O/c1-12(13-3-2-4-14(19)7-13)22-9-18(26)24-16-8-15(20)5-6-17(16)25-11-21-10-23-25/h2-8,10-12,22H,9H2,1H3,(H,24,26)/t12-/m1/s1. The molecule has 0 aliphatic rings. The van der Waals surface area contributed by atoms with E-state index >= 15 is 0 Å². The minimum Gasteiger partial charge on any atom is -0.323 e. The molecule has 0 aliphatic heterocycles. The van der Waals surface area contributed by atoms with E-state index in [9.17, 15) is 4.79 Å². The van der Waals surface area contributed by atoms with Gasteiger partial charge in [-0.3, -0.25) is 4.79 Å². The molecular weight excluding hydrogens is 373 g/mol. The first kappa shape index (κ1) is 18.4. The van der Waals surface area contributed by atoms with Crippen LogP contribution in [0.25, 0.3) is 5.69 Å². The van der Waals surface area contributed by atoms with Crippen LogP contribution in [-0.4, -0.2) is 27.2 Å². The lowest BCUT2D eigenvalue weighted by Gasteiger charge is -2.15. The van der Waals surface area contributed by atoms with Crippen LogP contribution in [0.1, 0.15) is 18.5 Å². The molecule has 0 spiro atoms. The molecule has 1 heterocycles. The number of nitrogens with zero attached hydrogens (tertiary/aromatic N) is 3. The Balaban J connectivity index is 1.66. The SMILES string of the molecule is C[C@@H](NCC(=O)Nc1cc(Cl)ccc1-n1cncn1)c1cccc(Cl)c1. The highest BCUT2D eigenvalue weighted by Crippen LogP contribution is 2.24. The number of nitrogens with one attached hydrogen (secondary N) is 2. The van der Waals surface area contributed by atoms with Gasteiger partial charge in [-0.1, -0.05) is 35.3 Å². The maximum Gasteiger partial charge on any atom is 0.238 e. The third kappa shape index (κ3) is 4.60. The molecular formula is C18H17Cl2N5O. The monoisotopic (exact) mass is 389 g/mol. The number of amides is 1. The summed E-state index contributed by atoms with van der Waals surface area (Å²) in [6, 6.07) is 12.7. The van der Waals surface area contributed by atoms with Crippen molar-refractivity contribution in [1.82, 2.24) is 20.1 Å². The molecule has 134 valence electrons. The summed E-state index contributed by atoms with van der Waals surface area (Å²) in [7, 11) is 0. The zero-order chi connectivity index (χ0) is 18.5. The van der Waals surface area contributed by atoms with Crippen molar-refractivity contribution in [2.45, 2.75) is 13.0 Å². The summed E-state index contributed by atoms with van der Waals surface area (Å²) < 4.78 is 1.56. The normalized spacial score (nSPS) is 12.0. The predicted octanol–water partition coefficient (Wildman–Crippen LogP) is 3.86. The van der Waals surface area contributed by atoms with Gasteiger partial charge in [0.1, 0.15) is 12.7 Å². The number of carbonyl (C=O) groups is 1. The first-order chi connectivity index (χ1) is 12.5. The van der Waals surface area contributed by atoms with Gasteiger partial charge in [-0.05, 0) is 42.8 Å². The van der Waals surface area contributed by atoms with Gasteiger partial charge in [-0.2, -0.15) is 5.10 Å². The summed E-state index contributed by atoms with van der Waals surface area (Å²) in [4.78, 5) is 16.3. The highest BCUT2D eigenvalue weighted by atomic mass is 35.5. The second-order valence-corrected chi connectivity index (χ2v) is 6.58. The van der Waals surface area contributed by atoms with Crippen LogP contribution in [0.15, 0.2) is 55.1 Å². The molecule has 1 atom stereocenters. The molecule has 1 aromatic heterocycles. The van der Waals surface area contributed by atoms with E-state index in [1.807, 2.05) is 31.2 Å². The first-order valence-electron chi connectivity index (χ1n) is 7.96. The average molecular weight is 390 g/mol. The maximum atomic E-state index is 12.4. The summed E-state index contributed by atoms with van der Waals surface area (Å²) in [5, 5.41) is 11.3. The van der Waals surface area contributed by atoms with Gasteiger partial charge in [0.25, 0.3) is 0 Å². The molecule has 0 fully saturated rings. The lowest BCUT2D eigenvalue weighted by molar-refractivity contribution is -0.115. The van der Waals surface area contributed by atoms with Crippen LogP contribution in [0.3, 0.4) is 0 Å². The molecule has 0 aliphatic carbocycles. The number of carbonyl (C=O) groups excluding carboxylic acids is 1. The average Bonchev–Trinajstić information content (AvgIpc) is 3.14. The van der Waals surface area contributed by atoms with Crippen molar-refractivity contribution in [3.63, 3.8) is 0 Å². The van der Waals surface area contributed by atoms with E-state index < -0.39 is 0 Å². The Morgan fingerprint density at radius 1 is 1.19 bits per heavy atom. The molecule has 0 saturated heterocycles. The van der Waals surface area contributed by atoms with E-state index in [0.29, 0.717) is 21.4 Å². The fraction of sp³-hybridized carbons (Fsp3) is 0.167. The summed E-state index contributed by atoms with van der Waals surface area (Å²) in [5.41, 5.74) is 2.25. The minimum atomic E-state index is -0.192. The predicted molar refractivity (Wildman–Crippen MR) is 103 cm³/mol. The van der Waals surface area contributed by atoms with Crippen LogP contribution >= 0.6 is 23.2 Å². The van der Waals surface area contributed by atoms with Gasteiger partial charge < -0.3 is 10.6 Å². The fourth-order valence-electron chi connectivity index (χ4n) is 2.47. The highest BCUT2D eigenvalue weighted by molar-refractivity contribution is 6.31. The number of benzene rings is 2. The van der Waals surface area contributed by atoms with Gasteiger partial charge in [-0.25, -0.2) is 9.67 Å². The first-order valence-corrected chi connectivity index (χ1v) is 8.72. The van der Waals surface area contributed by atoms with Gasteiger partial charge in [0.2, 0.25) is 5.91 Å². The zero-order valence-corrected chi connectivity index (χ0v) is 15.5. The molecule has 3 aromatic rings. The third-order valence-corrected chi connectivity index (χ3v) is 4.29. The third-order valence-electron chi connectivity index (χ3n) is 3.82. The van der Waals surface area contributed by atoms with Crippen molar-refractivity contribution in [3.05, 3.63) is 70.7 Å². The van der Waals surface area contributed by atoms with Gasteiger partial charge in [0.05, 0.1) is 17.9 Å². The molecule has 26 heavy (non-hydrogen) atoms. The molecule has 0 bridgehead atoms. The van der Waals surface area contributed by atoms with E-state index in [-0.39, 0.29) is 18.5 Å². The van der Waals surface area contributed by atoms with Gasteiger partial charge in [0.15, 0.2) is 0 Å². The topological polar surface area (TPSA) is 71.8 Å². The van der Waals surface area contributed by atoms with Crippen LogP contribution in [-0.2, 0) is 4.79 Å². The van der Waals surface area contributed by atoms with Gasteiger partial charge in [0, 0.05) is 16.1 Å². The van der Waals surface area contributed by atoms with Crippen molar-refractivity contribution < 1.29 is 4.79 Å². The van der Waals surface area contributed by atoms with Crippen LogP contribution in [0, 0.1) is 0 Å². The van der Waals surface area contributed by atoms with Crippen molar-refractivity contribution in [2.75, 3.05) is 11.9 Å². The van der Waals surface area contributed by atoms with Crippen LogP contribution in [0.5, 0.6) is 0 Å². The molecule has 0 saturated carbocycles. The summed E-state index contributed by atoms with van der Waals surface area (Å²) in [6.07, 6.45) is 2.98. The Hall–Kier alpha value is -2.41. The summed E-state index contributed by atoms with van der Waals surface area (Å²) >= 11 is 12.1. The van der Waals surface area contributed by atoms with Crippen LogP contribution in [0.2, 0.25) is 10.0 Å².